The van der Waals surface area contributed by atoms with E-state index in [1.807, 2.05) is 0 Å². The van der Waals surface area contributed by atoms with Gasteiger partial charge >= 0.3 is 0 Å². The minimum Gasteiger partial charge on any atom is -0.302 e. The van der Waals surface area contributed by atoms with Crippen molar-refractivity contribution in [1.29, 1.82) is 5.26 Å². The minimum atomic E-state index is 0.0598. The molecule has 0 aromatic carbocycles. The molecule has 0 saturated carbocycles. The summed E-state index contributed by atoms with van der Waals surface area (Å²) >= 11 is 0. The molecule has 0 aliphatic carbocycles. The van der Waals surface area contributed by atoms with Crippen molar-refractivity contribution in [3.05, 3.63) is 0 Å². The Hall–Kier alpha value is -0.550. The molecule has 0 amide bonds. The lowest BCUT2D eigenvalue weighted by Crippen LogP contribution is -2.27. The predicted molar refractivity (Wildman–Crippen MR) is 70.3 cm³/mol. The van der Waals surface area contributed by atoms with Crippen LogP contribution in [0.3, 0.4) is 0 Å². The van der Waals surface area contributed by atoms with Crippen molar-refractivity contribution in [3.63, 3.8) is 0 Å². The number of nitriles is 1. The summed E-state index contributed by atoms with van der Waals surface area (Å²) in [7, 11) is 0. The topological polar surface area (TPSA) is 35.8 Å². The number of nitrogens with zero attached hydrogens (tertiary/aromatic N) is 1. The van der Waals surface area contributed by atoms with Gasteiger partial charge in [-0.3, -0.25) is 0 Å². The third-order valence-corrected chi connectivity index (χ3v) is 2.99. The van der Waals surface area contributed by atoms with E-state index in [1.54, 1.807) is 0 Å². The summed E-state index contributed by atoms with van der Waals surface area (Å²) in [6, 6.07) is 2.33. The molecule has 1 unspecified atom stereocenters. The van der Waals surface area contributed by atoms with Crippen molar-refractivity contribution in [2.24, 2.45) is 0 Å². The Labute approximate surface area is 101 Å². The number of unbranched alkanes of at least 4 members (excludes halogenated alkanes) is 7. The van der Waals surface area contributed by atoms with Crippen molar-refractivity contribution in [2.75, 3.05) is 6.54 Å². The van der Waals surface area contributed by atoms with E-state index in [-0.39, 0.29) is 6.04 Å². The molecule has 0 fully saturated rings. The summed E-state index contributed by atoms with van der Waals surface area (Å²) in [5.74, 6) is 0. The highest BCUT2D eigenvalue weighted by molar-refractivity contribution is 4.87. The number of hydrogen-bond acceptors (Lipinski definition) is 2. The third-order valence-electron chi connectivity index (χ3n) is 2.99. The molecule has 0 aliphatic heterocycles. The summed E-state index contributed by atoms with van der Waals surface area (Å²) < 4.78 is 0. The Balaban J connectivity index is 3.07. The van der Waals surface area contributed by atoms with Crippen molar-refractivity contribution in [2.45, 2.75) is 77.7 Å². The summed E-state index contributed by atoms with van der Waals surface area (Å²) in [4.78, 5) is 0. The van der Waals surface area contributed by atoms with Gasteiger partial charge in [-0.25, -0.2) is 0 Å². The van der Waals surface area contributed by atoms with Gasteiger partial charge in [0.1, 0.15) is 0 Å². The molecule has 2 heteroatoms. The fraction of sp³-hybridized carbons (Fsp3) is 0.929. The van der Waals surface area contributed by atoms with Crippen LogP contribution < -0.4 is 5.32 Å². The standard InChI is InChI=1S/C14H28N2/c1-3-5-6-7-8-9-10-11-12-16-14(4-2)13-15/h14,16H,3-12H2,1-2H3. The van der Waals surface area contributed by atoms with Gasteiger partial charge in [0, 0.05) is 0 Å². The van der Waals surface area contributed by atoms with Gasteiger partial charge in [-0.2, -0.15) is 5.26 Å². The van der Waals surface area contributed by atoms with Crippen molar-refractivity contribution in [1.82, 2.24) is 5.32 Å². The van der Waals surface area contributed by atoms with Crippen LogP contribution in [0.5, 0.6) is 0 Å². The smallest absolute Gasteiger partial charge is 0.0950 e. The van der Waals surface area contributed by atoms with Crippen LogP contribution in [0.1, 0.15) is 71.6 Å². The van der Waals surface area contributed by atoms with Crippen LogP contribution in [0.25, 0.3) is 0 Å². The Morgan fingerprint density at radius 2 is 1.50 bits per heavy atom. The van der Waals surface area contributed by atoms with E-state index in [9.17, 15) is 0 Å². The quantitative estimate of drug-likeness (QED) is 0.538. The zero-order valence-electron chi connectivity index (χ0n) is 11.1. The highest BCUT2D eigenvalue weighted by atomic mass is 14.9. The monoisotopic (exact) mass is 224 g/mol. The molecule has 0 rings (SSSR count). The highest BCUT2D eigenvalue weighted by Crippen LogP contribution is 2.07. The molecule has 0 bridgehead atoms. The van der Waals surface area contributed by atoms with E-state index in [0.717, 1.165) is 13.0 Å². The van der Waals surface area contributed by atoms with Crippen LogP contribution >= 0.6 is 0 Å². The Morgan fingerprint density at radius 1 is 0.938 bits per heavy atom. The predicted octanol–water partition coefficient (Wildman–Crippen LogP) is 4.02. The van der Waals surface area contributed by atoms with E-state index in [2.05, 4.69) is 25.2 Å². The van der Waals surface area contributed by atoms with Gasteiger partial charge in [0.15, 0.2) is 0 Å². The van der Waals surface area contributed by atoms with Gasteiger partial charge < -0.3 is 5.32 Å². The first-order valence-corrected chi connectivity index (χ1v) is 6.98. The van der Waals surface area contributed by atoms with Crippen LogP contribution in [0.2, 0.25) is 0 Å². The van der Waals surface area contributed by atoms with Gasteiger partial charge in [-0.15, -0.1) is 0 Å². The maximum atomic E-state index is 8.74. The van der Waals surface area contributed by atoms with E-state index >= 15 is 0 Å². The van der Waals surface area contributed by atoms with E-state index in [4.69, 9.17) is 5.26 Å². The van der Waals surface area contributed by atoms with Gasteiger partial charge in [-0.1, -0.05) is 58.8 Å². The summed E-state index contributed by atoms with van der Waals surface area (Å²) in [6.07, 6.45) is 11.7. The van der Waals surface area contributed by atoms with E-state index in [1.165, 1.54) is 51.4 Å². The molecule has 0 aliphatic rings. The Bertz CT molecular complexity index is 172. The van der Waals surface area contributed by atoms with Crippen LogP contribution in [0, 0.1) is 11.3 Å². The third kappa shape index (κ3) is 9.98. The van der Waals surface area contributed by atoms with Crippen molar-refractivity contribution < 1.29 is 0 Å². The van der Waals surface area contributed by atoms with Gasteiger partial charge in [0.05, 0.1) is 12.1 Å². The molecule has 0 saturated heterocycles. The van der Waals surface area contributed by atoms with E-state index in [0.29, 0.717) is 0 Å². The average molecular weight is 224 g/mol. The molecule has 0 radical (unpaired) electrons. The van der Waals surface area contributed by atoms with Gasteiger partial charge in [-0.05, 0) is 19.4 Å². The molecular formula is C14H28N2. The second kappa shape index (κ2) is 12.5. The highest BCUT2D eigenvalue weighted by Gasteiger charge is 2.00. The van der Waals surface area contributed by atoms with Crippen molar-refractivity contribution in [3.8, 4) is 6.07 Å². The zero-order chi connectivity index (χ0) is 12.1. The molecule has 94 valence electrons. The van der Waals surface area contributed by atoms with Gasteiger partial charge in [0.25, 0.3) is 0 Å². The van der Waals surface area contributed by atoms with Crippen LogP contribution in [0.15, 0.2) is 0 Å². The number of rotatable bonds is 11. The second-order valence-electron chi connectivity index (χ2n) is 4.52. The van der Waals surface area contributed by atoms with Crippen LogP contribution in [0.4, 0.5) is 0 Å². The molecule has 0 aromatic rings. The summed E-state index contributed by atoms with van der Waals surface area (Å²) in [5, 5.41) is 12.0. The van der Waals surface area contributed by atoms with Crippen LogP contribution in [-0.4, -0.2) is 12.6 Å². The molecule has 1 N–H and O–H groups in total. The zero-order valence-corrected chi connectivity index (χ0v) is 11.1. The first kappa shape index (κ1) is 15.4. The molecule has 0 heterocycles. The maximum absolute atomic E-state index is 8.74. The largest absolute Gasteiger partial charge is 0.302 e. The summed E-state index contributed by atoms with van der Waals surface area (Å²) in [5.41, 5.74) is 0. The van der Waals surface area contributed by atoms with Crippen molar-refractivity contribution >= 4 is 0 Å². The fourth-order valence-electron chi connectivity index (χ4n) is 1.82. The second-order valence-corrected chi connectivity index (χ2v) is 4.52. The fourth-order valence-corrected chi connectivity index (χ4v) is 1.82. The maximum Gasteiger partial charge on any atom is 0.0950 e. The molecular weight excluding hydrogens is 196 g/mol. The molecule has 0 spiro atoms. The lowest BCUT2D eigenvalue weighted by molar-refractivity contribution is 0.529. The first-order valence-electron chi connectivity index (χ1n) is 6.98. The average Bonchev–Trinajstić information content (AvgIpc) is 2.32. The molecule has 0 aromatic heterocycles. The lowest BCUT2D eigenvalue weighted by Gasteiger charge is -2.08. The molecule has 1 atom stereocenters. The van der Waals surface area contributed by atoms with Crippen LogP contribution in [-0.2, 0) is 0 Å². The van der Waals surface area contributed by atoms with Gasteiger partial charge in [0.2, 0.25) is 0 Å². The lowest BCUT2D eigenvalue weighted by atomic mass is 10.1. The first-order chi connectivity index (χ1) is 7.85. The molecule has 2 nitrogen and oxygen atoms in total. The number of nitrogens with one attached hydrogen (secondary N) is 1. The Morgan fingerprint density at radius 3 is 2.00 bits per heavy atom. The normalized spacial score (nSPS) is 12.3. The molecule has 16 heavy (non-hydrogen) atoms. The SMILES string of the molecule is CCCCCCCCCCNC(C#N)CC. The minimum absolute atomic E-state index is 0.0598. The Kier molecular flexibility index (Phi) is 12.1. The summed E-state index contributed by atoms with van der Waals surface area (Å²) in [6.45, 7) is 5.31. The number of hydrogen-bond donors (Lipinski definition) is 1. The van der Waals surface area contributed by atoms with E-state index < -0.39 is 0 Å².